The van der Waals surface area contributed by atoms with E-state index >= 15 is 0 Å². The van der Waals surface area contributed by atoms with Crippen LogP contribution < -0.4 is 5.32 Å². The molecule has 0 heterocycles. The number of aryl methyl sites for hydroxylation is 1. The second-order valence-corrected chi connectivity index (χ2v) is 3.81. The molecule has 0 aliphatic heterocycles. The zero-order valence-corrected chi connectivity index (χ0v) is 9.55. The van der Waals surface area contributed by atoms with Crippen molar-refractivity contribution in [1.82, 2.24) is 5.32 Å². The van der Waals surface area contributed by atoms with Gasteiger partial charge in [-0.2, -0.15) is 0 Å². The molecule has 0 aromatic heterocycles. The summed E-state index contributed by atoms with van der Waals surface area (Å²) in [6.07, 6.45) is 5.72. The summed E-state index contributed by atoms with van der Waals surface area (Å²) < 4.78 is 0. The van der Waals surface area contributed by atoms with Crippen LogP contribution in [0.15, 0.2) is 18.2 Å². The molecule has 1 aromatic rings. The minimum atomic E-state index is 0.896. The first kappa shape index (κ1) is 11.9. The van der Waals surface area contributed by atoms with Crippen LogP contribution in [0.1, 0.15) is 34.3 Å². The summed E-state index contributed by atoms with van der Waals surface area (Å²) in [4.78, 5) is 10.7. The Hall–Kier alpha value is -1.15. The van der Waals surface area contributed by atoms with Gasteiger partial charge in [-0.05, 0) is 50.9 Å². The normalized spacial score (nSPS) is 13.5. The van der Waals surface area contributed by atoms with E-state index in [1.807, 2.05) is 26.2 Å². The van der Waals surface area contributed by atoms with Crippen LogP contribution >= 0.6 is 0 Å². The highest BCUT2D eigenvalue weighted by atomic mass is 16.1. The summed E-state index contributed by atoms with van der Waals surface area (Å²) in [7, 11) is 3.75. The number of carbonyl (C=O) groups excluding carboxylic acids is 1. The highest BCUT2D eigenvalue weighted by Gasteiger charge is 2.11. The molecule has 0 fully saturated rings. The van der Waals surface area contributed by atoms with Crippen LogP contribution in [0, 0.1) is 0 Å². The van der Waals surface area contributed by atoms with E-state index in [0.29, 0.717) is 0 Å². The van der Waals surface area contributed by atoms with E-state index in [1.165, 1.54) is 24.0 Å². The molecule has 0 saturated carbocycles. The van der Waals surface area contributed by atoms with Crippen molar-refractivity contribution in [2.75, 3.05) is 14.1 Å². The molecule has 0 bridgehead atoms. The lowest BCUT2D eigenvalue weighted by molar-refractivity contribution is 0.112. The number of nitrogens with one attached hydrogen (secondary N) is 1. The van der Waals surface area contributed by atoms with Crippen molar-refractivity contribution in [3.8, 4) is 0 Å². The van der Waals surface area contributed by atoms with E-state index in [-0.39, 0.29) is 0 Å². The molecule has 2 heteroatoms. The lowest BCUT2D eigenvalue weighted by Crippen LogP contribution is -2.05. The molecule has 0 amide bonds. The predicted octanol–water partition coefficient (Wildman–Crippen LogP) is 2.21. The molecule has 15 heavy (non-hydrogen) atoms. The van der Waals surface area contributed by atoms with Gasteiger partial charge in [-0.15, -0.1) is 0 Å². The Morgan fingerprint density at radius 2 is 1.87 bits per heavy atom. The van der Waals surface area contributed by atoms with Gasteiger partial charge in [0.1, 0.15) is 6.29 Å². The van der Waals surface area contributed by atoms with Gasteiger partial charge in [0.2, 0.25) is 0 Å². The zero-order valence-electron chi connectivity index (χ0n) is 9.55. The van der Waals surface area contributed by atoms with Crippen LogP contribution in [0.2, 0.25) is 0 Å². The number of hydrogen-bond acceptors (Lipinski definition) is 2. The van der Waals surface area contributed by atoms with Gasteiger partial charge in [0, 0.05) is 5.56 Å². The third kappa shape index (κ3) is 3.17. The van der Waals surface area contributed by atoms with Crippen LogP contribution in [0.3, 0.4) is 0 Å². The van der Waals surface area contributed by atoms with Gasteiger partial charge >= 0.3 is 0 Å². The molecular weight excluding hydrogens is 186 g/mol. The first-order chi connectivity index (χ1) is 7.33. The maximum Gasteiger partial charge on any atom is 0.150 e. The fraction of sp³-hybridized carbons (Fsp3) is 0.462. The first-order valence-electron chi connectivity index (χ1n) is 5.48. The Labute approximate surface area is 91.7 Å². The molecule has 1 aliphatic rings. The SMILES string of the molecule is CNC.O=Cc1cccc2c1CCCC2. The van der Waals surface area contributed by atoms with Crippen LogP contribution in [0.5, 0.6) is 0 Å². The highest BCUT2D eigenvalue weighted by Crippen LogP contribution is 2.23. The lowest BCUT2D eigenvalue weighted by Gasteiger charge is -2.16. The number of carbonyl (C=O) groups is 1. The zero-order chi connectivity index (χ0) is 11.1. The van der Waals surface area contributed by atoms with Gasteiger partial charge in [-0.3, -0.25) is 4.79 Å². The summed E-state index contributed by atoms with van der Waals surface area (Å²) in [6.45, 7) is 0. The van der Waals surface area contributed by atoms with Gasteiger partial charge in [0.05, 0.1) is 0 Å². The van der Waals surface area contributed by atoms with E-state index < -0.39 is 0 Å². The van der Waals surface area contributed by atoms with E-state index in [4.69, 9.17) is 0 Å². The summed E-state index contributed by atoms with van der Waals surface area (Å²) in [5.74, 6) is 0. The second kappa shape index (κ2) is 6.36. The maximum atomic E-state index is 10.7. The molecular formula is C13H19NO. The molecule has 0 atom stereocenters. The average molecular weight is 205 g/mol. The van der Waals surface area contributed by atoms with Crippen LogP contribution in [0.4, 0.5) is 0 Å². The van der Waals surface area contributed by atoms with E-state index in [9.17, 15) is 4.79 Å². The predicted molar refractivity (Wildman–Crippen MR) is 63.5 cm³/mol. The quantitative estimate of drug-likeness (QED) is 0.712. The van der Waals surface area contributed by atoms with E-state index in [0.717, 1.165) is 24.7 Å². The standard InChI is InChI=1S/C11H12O.C2H7N/c12-8-10-6-3-5-9-4-1-2-7-11(9)10;1-3-2/h3,5-6,8H,1-2,4,7H2;3H,1-2H3. The largest absolute Gasteiger partial charge is 0.323 e. The van der Waals surface area contributed by atoms with Crippen molar-refractivity contribution in [3.05, 3.63) is 34.9 Å². The van der Waals surface area contributed by atoms with Crippen molar-refractivity contribution in [2.24, 2.45) is 0 Å². The molecule has 2 nitrogen and oxygen atoms in total. The molecule has 1 N–H and O–H groups in total. The number of hydrogen-bond donors (Lipinski definition) is 1. The smallest absolute Gasteiger partial charge is 0.150 e. The Morgan fingerprint density at radius 1 is 1.20 bits per heavy atom. The van der Waals surface area contributed by atoms with Crippen molar-refractivity contribution < 1.29 is 4.79 Å². The molecule has 0 spiro atoms. The maximum absolute atomic E-state index is 10.7. The Morgan fingerprint density at radius 3 is 2.53 bits per heavy atom. The highest BCUT2D eigenvalue weighted by molar-refractivity contribution is 5.78. The third-order valence-corrected chi connectivity index (χ3v) is 2.56. The fourth-order valence-corrected chi connectivity index (χ4v) is 1.92. The molecule has 82 valence electrons. The lowest BCUT2D eigenvalue weighted by atomic mass is 9.89. The van der Waals surface area contributed by atoms with E-state index in [1.54, 1.807) is 0 Å². The van der Waals surface area contributed by atoms with Crippen LogP contribution in [-0.2, 0) is 12.8 Å². The molecule has 0 saturated heterocycles. The average Bonchev–Trinajstić information content (AvgIpc) is 2.29. The summed E-state index contributed by atoms with van der Waals surface area (Å²) in [6, 6.07) is 6.03. The van der Waals surface area contributed by atoms with E-state index in [2.05, 4.69) is 11.4 Å². The second-order valence-electron chi connectivity index (χ2n) is 3.81. The molecule has 1 aromatic carbocycles. The summed E-state index contributed by atoms with van der Waals surface area (Å²) in [5, 5.41) is 2.75. The number of aldehydes is 1. The van der Waals surface area contributed by atoms with Gasteiger partial charge in [0.25, 0.3) is 0 Å². The van der Waals surface area contributed by atoms with Gasteiger partial charge < -0.3 is 5.32 Å². The van der Waals surface area contributed by atoms with Crippen molar-refractivity contribution in [2.45, 2.75) is 25.7 Å². The first-order valence-corrected chi connectivity index (χ1v) is 5.48. The number of fused-ring (bicyclic) bond motifs is 1. The summed E-state index contributed by atoms with van der Waals surface area (Å²) >= 11 is 0. The summed E-state index contributed by atoms with van der Waals surface area (Å²) in [5.41, 5.74) is 3.57. The van der Waals surface area contributed by atoms with Gasteiger partial charge in [0.15, 0.2) is 0 Å². The topological polar surface area (TPSA) is 29.1 Å². The fourth-order valence-electron chi connectivity index (χ4n) is 1.92. The van der Waals surface area contributed by atoms with Crippen LogP contribution in [-0.4, -0.2) is 20.4 Å². The van der Waals surface area contributed by atoms with Gasteiger partial charge in [-0.1, -0.05) is 18.2 Å². The minimum absolute atomic E-state index is 0.896. The Balaban J connectivity index is 0.000000337. The Bertz CT molecular complexity index is 320. The van der Waals surface area contributed by atoms with Crippen molar-refractivity contribution >= 4 is 6.29 Å². The third-order valence-electron chi connectivity index (χ3n) is 2.56. The van der Waals surface area contributed by atoms with Gasteiger partial charge in [-0.25, -0.2) is 0 Å². The number of rotatable bonds is 1. The Kier molecular flexibility index (Phi) is 5.05. The molecule has 0 unspecified atom stereocenters. The number of benzene rings is 1. The minimum Gasteiger partial charge on any atom is -0.323 e. The molecule has 1 aliphatic carbocycles. The van der Waals surface area contributed by atoms with Crippen molar-refractivity contribution in [1.29, 1.82) is 0 Å². The molecule has 0 radical (unpaired) electrons. The monoisotopic (exact) mass is 205 g/mol. The van der Waals surface area contributed by atoms with Crippen LogP contribution in [0.25, 0.3) is 0 Å². The molecule has 2 rings (SSSR count). The van der Waals surface area contributed by atoms with Crippen molar-refractivity contribution in [3.63, 3.8) is 0 Å².